The van der Waals surface area contributed by atoms with Gasteiger partial charge in [-0.3, -0.25) is 0 Å². The van der Waals surface area contributed by atoms with Crippen molar-refractivity contribution < 1.29 is 0 Å². The SMILES string of the molecule is C=C(C)/C=C(\C)Nc1cc(Nc2ccccc2C#N)c(Cl)cn1.CC.CC(C)C.CCC(C)C. The van der Waals surface area contributed by atoms with E-state index in [-0.39, 0.29) is 0 Å². The highest BCUT2D eigenvalue weighted by Crippen LogP contribution is 2.28. The monoisotopic (exact) mass is 484 g/mol. The number of para-hydroxylation sites is 1. The van der Waals surface area contributed by atoms with Gasteiger partial charge < -0.3 is 10.6 Å². The molecule has 1 aromatic heterocycles. The van der Waals surface area contributed by atoms with E-state index in [1.54, 1.807) is 18.3 Å². The Labute approximate surface area is 214 Å². The summed E-state index contributed by atoms with van der Waals surface area (Å²) in [6, 6.07) is 11.2. The van der Waals surface area contributed by atoms with Gasteiger partial charge in [-0.2, -0.15) is 5.26 Å². The van der Waals surface area contributed by atoms with E-state index in [1.807, 2.05) is 52.0 Å². The van der Waals surface area contributed by atoms with Crippen molar-refractivity contribution >= 4 is 28.8 Å². The number of benzene rings is 1. The maximum absolute atomic E-state index is 9.16. The molecule has 2 rings (SSSR count). The Hall–Kier alpha value is -2.77. The smallest absolute Gasteiger partial charge is 0.132 e. The highest BCUT2D eigenvalue weighted by Gasteiger charge is 2.07. The quantitative estimate of drug-likeness (QED) is 0.400. The van der Waals surface area contributed by atoms with Gasteiger partial charge in [-0.05, 0) is 43.9 Å². The van der Waals surface area contributed by atoms with Gasteiger partial charge in [-0.1, -0.05) is 97.7 Å². The lowest BCUT2D eigenvalue weighted by molar-refractivity contribution is 0.626. The van der Waals surface area contributed by atoms with Crippen LogP contribution in [-0.2, 0) is 0 Å². The minimum absolute atomic E-state index is 0.477. The van der Waals surface area contributed by atoms with Crippen LogP contribution in [0, 0.1) is 23.2 Å². The van der Waals surface area contributed by atoms with Crippen LogP contribution in [0.25, 0.3) is 0 Å². The number of nitrogens with zero attached hydrogens (tertiary/aromatic N) is 2. The number of pyridine rings is 1. The van der Waals surface area contributed by atoms with Crippen LogP contribution in [0.1, 0.15) is 81.2 Å². The average Bonchev–Trinajstić information content (AvgIpc) is 2.77. The molecule has 34 heavy (non-hydrogen) atoms. The Balaban J connectivity index is 0. The second-order valence-electron chi connectivity index (χ2n) is 8.66. The van der Waals surface area contributed by atoms with Crippen LogP contribution in [0.3, 0.4) is 0 Å². The van der Waals surface area contributed by atoms with Gasteiger partial charge in [0, 0.05) is 11.8 Å². The predicted octanol–water partition coefficient (Wildman–Crippen LogP) is 9.98. The third kappa shape index (κ3) is 16.8. The number of allylic oxidation sites excluding steroid dienone is 3. The molecule has 0 fully saturated rings. The van der Waals surface area contributed by atoms with E-state index >= 15 is 0 Å². The van der Waals surface area contributed by atoms with E-state index in [0.29, 0.717) is 27.8 Å². The Morgan fingerprint density at radius 1 is 1.12 bits per heavy atom. The number of rotatable bonds is 6. The highest BCUT2D eigenvalue weighted by molar-refractivity contribution is 6.33. The molecule has 1 aromatic carbocycles. The van der Waals surface area contributed by atoms with Crippen LogP contribution in [0.15, 0.2) is 60.5 Å². The van der Waals surface area contributed by atoms with E-state index in [2.05, 4.69) is 69.8 Å². The van der Waals surface area contributed by atoms with Crippen LogP contribution < -0.4 is 10.6 Å². The largest absolute Gasteiger partial charge is 0.353 e. The third-order valence-electron chi connectivity index (χ3n) is 3.78. The first-order valence-corrected chi connectivity index (χ1v) is 12.4. The van der Waals surface area contributed by atoms with Crippen molar-refractivity contribution in [2.75, 3.05) is 10.6 Å². The number of hydrogen-bond donors (Lipinski definition) is 2. The van der Waals surface area contributed by atoms with E-state index in [0.717, 1.165) is 23.1 Å². The Morgan fingerprint density at radius 2 is 1.65 bits per heavy atom. The molecule has 0 unspecified atom stereocenters. The molecule has 2 N–H and O–H groups in total. The number of halogens is 1. The molecule has 2 aromatic rings. The zero-order valence-electron chi connectivity index (χ0n) is 22.9. The zero-order valence-corrected chi connectivity index (χ0v) is 23.6. The lowest BCUT2D eigenvalue weighted by atomic mass is 10.2. The van der Waals surface area contributed by atoms with Crippen molar-refractivity contribution in [3.05, 3.63) is 71.0 Å². The Kier molecular flexibility index (Phi) is 19.3. The molecule has 0 atom stereocenters. The molecule has 1 heterocycles. The third-order valence-corrected chi connectivity index (χ3v) is 4.08. The fourth-order valence-electron chi connectivity index (χ4n) is 2.05. The minimum Gasteiger partial charge on any atom is -0.353 e. The fourth-order valence-corrected chi connectivity index (χ4v) is 2.20. The Morgan fingerprint density at radius 3 is 2.12 bits per heavy atom. The van der Waals surface area contributed by atoms with Gasteiger partial charge in [-0.25, -0.2) is 4.98 Å². The summed E-state index contributed by atoms with van der Waals surface area (Å²) in [5, 5.41) is 16.0. The molecule has 0 saturated carbocycles. The second kappa shape index (κ2) is 19.7. The van der Waals surface area contributed by atoms with Crippen LogP contribution in [0.5, 0.6) is 0 Å². The van der Waals surface area contributed by atoms with Crippen LogP contribution >= 0.6 is 11.6 Å². The number of nitriles is 1. The summed E-state index contributed by atoms with van der Waals surface area (Å²) in [5.41, 5.74) is 3.80. The lowest BCUT2D eigenvalue weighted by Crippen LogP contribution is -2.01. The summed E-state index contributed by atoms with van der Waals surface area (Å²) in [6.45, 7) is 24.8. The molecule has 0 spiro atoms. The van der Waals surface area contributed by atoms with Crippen molar-refractivity contribution in [3.63, 3.8) is 0 Å². The molecule has 0 aliphatic rings. The van der Waals surface area contributed by atoms with Gasteiger partial charge in [0.1, 0.15) is 11.9 Å². The minimum atomic E-state index is 0.477. The maximum atomic E-state index is 9.16. The van der Waals surface area contributed by atoms with Gasteiger partial charge >= 0.3 is 0 Å². The molecule has 188 valence electrons. The second-order valence-corrected chi connectivity index (χ2v) is 9.07. The number of hydrogen-bond acceptors (Lipinski definition) is 4. The normalized spacial score (nSPS) is 9.94. The van der Waals surface area contributed by atoms with Crippen molar-refractivity contribution in [2.45, 2.75) is 75.7 Å². The van der Waals surface area contributed by atoms with E-state index in [4.69, 9.17) is 16.9 Å². The molecular formula is C29H45ClN4. The Bertz CT molecular complexity index is 906. The molecule has 0 amide bonds. The maximum Gasteiger partial charge on any atom is 0.132 e. The first kappa shape index (κ1) is 33.4. The molecule has 4 nitrogen and oxygen atoms in total. The zero-order chi connectivity index (χ0) is 26.7. The van der Waals surface area contributed by atoms with Crippen molar-refractivity contribution in [1.29, 1.82) is 5.26 Å². The van der Waals surface area contributed by atoms with Gasteiger partial charge in [0.15, 0.2) is 0 Å². The summed E-state index contributed by atoms with van der Waals surface area (Å²) in [6.07, 6.45) is 4.80. The standard InChI is InChI=1S/C18H17ClN4.C5H12.C4H10.C2H6/c1-12(2)8-13(3)22-18-9-17(15(19)11-21-18)23-16-7-5-4-6-14(16)10-20;1-4-5(2)3;1-4(2)3;1-2/h4-9,11H,1H2,2-3H3,(H2,21,22,23);5H,4H2,1-3H3;4H,1-3H3;1-2H3/b13-8+;;;. The number of aromatic nitrogens is 1. The van der Waals surface area contributed by atoms with Crippen molar-refractivity contribution in [3.8, 4) is 6.07 Å². The summed E-state index contributed by atoms with van der Waals surface area (Å²) >= 11 is 6.20. The molecule has 5 heteroatoms. The molecule has 0 bridgehead atoms. The summed E-state index contributed by atoms with van der Waals surface area (Å²) < 4.78 is 0. The number of anilines is 3. The number of nitrogens with one attached hydrogen (secondary N) is 2. The highest BCUT2D eigenvalue weighted by atomic mass is 35.5. The van der Waals surface area contributed by atoms with E-state index < -0.39 is 0 Å². The van der Waals surface area contributed by atoms with Crippen LogP contribution in [-0.4, -0.2) is 4.98 Å². The summed E-state index contributed by atoms with van der Waals surface area (Å²) in [5.74, 6) is 2.37. The first-order valence-electron chi connectivity index (χ1n) is 12.0. The summed E-state index contributed by atoms with van der Waals surface area (Å²) in [4.78, 5) is 4.25. The van der Waals surface area contributed by atoms with Gasteiger partial charge in [0.25, 0.3) is 0 Å². The predicted molar refractivity (Wildman–Crippen MR) is 153 cm³/mol. The van der Waals surface area contributed by atoms with Crippen LogP contribution in [0.4, 0.5) is 17.2 Å². The van der Waals surface area contributed by atoms with Gasteiger partial charge in [0.05, 0.1) is 28.2 Å². The molecule has 0 radical (unpaired) electrons. The van der Waals surface area contributed by atoms with Crippen LogP contribution in [0.2, 0.25) is 5.02 Å². The summed E-state index contributed by atoms with van der Waals surface area (Å²) in [7, 11) is 0. The van der Waals surface area contributed by atoms with Gasteiger partial charge in [0.2, 0.25) is 0 Å². The van der Waals surface area contributed by atoms with E-state index in [9.17, 15) is 0 Å². The average molecular weight is 485 g/mol. The van der Waals surface area contributed by atoms with E-state index in [1.165, 1.54) is 6.42 Å². The molecular weight excluding hydrogens is 440 g/mol. The molecule has 0 aliphatic heterocycles. The molecule has 0 saturated heterocycles. The molecule has 0 aliphatic carbocycles. The first-order chi connectivity index (χ1) is 16.0. The topological polar surface area (TPSA) is 60.7 Å². The van der Waals surface area contributed by atoms with Crippen molar-refractivity contribution in [1.82, 2.24) is 4.98 Å². The van der Waals surface area contributed by atoms with Crippen molar-refractivity contribution in [2.24, 2.45) is 11.8 Å². The lowest BCUT2D eigenvalue weighted by Gasteiger charge is -2.12. The fraction of sp³-hybridized carbons (Fsp3) is 0.448. The van der Waals surface area contributed by atoms with Gasteiger partial charge in [-0.15, -0.1) is 0 Å².